The first-order chi connectivity index (χ1) is 8.34. The van der Waals surface area contributed by atoms with E-state index in [1.807, 2.05) is 6.92 Å². The van der Waals surface area contributed by atoms with Gasteiger partial charge in [0, 0.05) is 19.2 Å². The molecule has 0 amide bonds. The van der Waals surface area contributed by atoms with Gasteiger partial charge >= 0.3 is 0 Å². The Labute approximate surface area is 111 Å². The molecule has 2 N–H and O–H groups in total. The largest absolute Gasteiger partial charge is 0.396 e. The molecular weight excluding hydrogens is 222 g/mol. The molecule has 18 heavy (non-hydrogen) atoms. The number of benzene rings is 1. The van der Waals surface area contributed by atoms with Crippen molar-refractivity contribution in [3.05, 3.63) is 35.4 Å². The van der Waals surface area contributed by atoms with Gasteiger partial charge in [-0.05, 0) is 29.4 Å². The van der Waals surface area contributed by atoms with Crippen LogP contribution in [-0.2, 0) is 5.41 Å². The summed E-state index contributed by atoms with van der Waals surface area (Å²) >= 11 is 0. The van der Waals surface area contributed by atoms with Gasteiger partial charge < -0.3 is 10.4 Å². The number of hydrogen-bond acceptors (Lipinski definition) is 2. The van der Waals surface area contributed by atoms with Gasteiger partial charge in [0.2, 0.25) is 0 Å². The predicted molar refractivity (Wildman–Crippen MR) is 77.8 cm³/mol. The van der Waals surface area contributed by atoms with Gasteiger partial charge in [-0.1, -0.05) is 52.0 Å². The molecule has 0 aliphatic rings. The molecule has 1 aromatic rings. The topological polar surface area (TPSA) is 32.3 Å². The zero-order chi connectivity index (χ0) is 13.8. The van der Waals surface area contributed by atoms with E-state index in [-0.39, 0.29) is 12.0 Å². The van der Waals surface area contributed by atoms with Gasteiger partial charge in [-0.2, -0.15) is 0 Å². The third kappa shape index (κ3) is 4.43. The summed E-state index contributed by atoms with van der Waals surface area (Å²) in [5, 5.41) is 12.5. The van der Waals surface area contributed by atoms with Gasteiger partial charge in [0.05, 0.1) is 0 Å². The van der Waals surface area contributed by atoms with Crippen LogP contribution in [0.2, 0.25) is 0 Å². The lowest BCUT2D eigenvalue weighted by atomic mass is 9.86. The lowest BCUT2D eigenvalue weighted by Crippen LogP contribution is -2.26. The summed E-state index contributed by atoms with van der Waals surface area (Å²) in [4.78, 5) is 0. The van der Waals surface area contributed by atoms with Gasteiger partial charge in [-0.15, -0.1) is 0 Å². The van der Waals surface area contributed by atoms with Crippen molar-refractivity contribution >= 4 is 0 Å². The normalized spacial score (nSPS) is 15.4. The first kappa shape index (κ1) is 15.2. The van der Waals surface area contributed by atoms with Crippen LogP contribution < -0.4 is 5.32 Å². The molecule has 2 nitrogen and oxygen atoms in total. The van der Waals surface area contributed by atoms with E-state index in [4.69, 9.17) is 5.11 Å². The van der Waals surface area contributed by atoms with Crippen LogP contribution in [0.5, 0.6) is 0 Å². The molecule has 0 spiro atoms. The van der Waals surface area contributed by atoms with Gasteiger partial charge in [0.25, 0.3) is 0 Å². The smallest absolute Gasteiger partial charge is 0.0468 e. The third-order valence-corrected chi connectivity index (χ3v) is 3.36. The molecule has 0 saturated heterocycles. The molecule has 0 heterocycles. The Morgan fingerprint density at radius 2 is 1.67 bits per heavy atom. The zero-order valence-corrected chi connectivity index (χ0v) is 12.3. The molecule has 0 aliphatic heterocycles. The van der Waals surface area contributed by atoms with Crippen molar-refractivity contribution in [2.45, 2.75) is 46.1 Å². The molecule has 2 unspecified atom stereocenters. The summed E-state index contributed by atoms with van der Waals surface area (Å²) < 4.78 is 0. The van der Waals surface area contributed by atoms with Crippen LogP contribution in [0.1, 0.15) is 51.8 Å². The van der Waals surface area contributed by atoms with Crippen LogP contribution in [0.15, 0.2) is 24.3 Å². The Kier molecular flexibility index (Phi) is 5.36. The van der Waals surface area contributed by atoms with Crippen LogP contribution in [0, 0.1) is 5.92 Å². The number of rotatable bonds is 5. The minimum Gasteiger partial charge on any atom is -0.396 e. The second-order valence-corrected chi connectivity index (χ2v) is 6.29. The van der Waals surface area contributed by atoms with Crippen molar-refractivity contribution in [3.63, 3.8) is 0 Å². The van der Waals surface area contributed by atoms with Crippen LogP contribution in [-0.4, -0.2) is 18.3 Å². The minimum atomic E-state index is 0.209. The average molecular weight is 249 g/mol. The Morgan fingerprint density at radius 1 is 1.11 bits per heavy atom. The maximum Gasteiger partial charge on any atom is 0.0468 e. The Hall–Kier alpha value is -0.860. The fraction of sp³-hybridized carbons (Fsp3) is 0.625. The molecule has 0 saturated carbocycles. The first-order valence-corrected chi connectivity index (χ1v) is 6.79. The van der Waals surface area contributed by atoms with Gasteiger partial charge in [0.1, 0.15) is 0 Å². The van der Waals surface area contributed by atoms with Crippen molar-refractivity contribution in [3.8, 4) is 0 Å². The molecule has 0 aromatic heterocycles. The van der Waals surface area contributed by atoms with E-state index in [0.717, 1.165) is 6.54 Å². The Bertz CT molecular complexity index is 350. The summed E-state index contributed by atoms with van der Waals surface area (Å²) in [6, 6.07) is 9.14. The molecule has 0 radical (unpaired) electrons. The molecule has 0 aliphatic carbocycles. The fourth-order valence-electron chi connectivity index (χ4n) is 1.83. The Balaban J connectivity index is 2.62. The van der Waals surface area contributed by atoms with Gasteiger partial charge in [-0.3, -0.25) is 0 Å². The lowest BCUT2D eigenvalue weighted by Gasteiger charge is -2.21. The molecule has 2 heteroatoms. The average Bonchev–Trinajstić information content (AvgIpc) is 2.34. The maximum atomic E-state index is 9.00. The summed E-state index contributed by atoms with van der Waals surface area (Å²) in [6.07, 6.45) is 0. The standard InChI is InChI=1S/C16H27NO/c1-12(11-18)10-17-13(2)14-6-8-15(9-7-14)16(3,4)5/h6-9,12-13,17-18H,10-11H2,1-5H3. The van der Waals surface area contributed by atoms with E-state index >= 15 is 0 Å². The summed E-state index contributed by atoms with van der Waals surface area (Å²) in [6.45, 7) is 12.0. The highest BCUT2D eigenvalue weighted by Crippen LogP contribution is 2.23. The van der Waals surface area contributed by atoms with E-state index in [9.17, 15) is 0 Å². The summed E-state index contributed by atoms with van der Waals surface area (Å²) in [5.74, 6) is 0.307. The molecule has 0 fully saturated rings. The highest BCUT2D eigenvalue weighted by molar-refractivity contribution is 5.28. The van der Waals surface area contributed by atoms with E-state index in [1.165, 1.54) is 11.1 Å². The van der Waals surface area contributed by atoms with Crippen molar-refractivity contribution in [2.24, 2.45) is 5.92 Å². The first-order valence-electron chi connectivity index (χ1n) is 6.79. The van der Waals surface area contributed by atoms with Crippen molar-refractivity contribution in [2.75, 3.05) is 13.2 Å². The third-order valence-electron chi connectivity index (χ3n) is 3.36. The maximum absolute atomic E-state index is 9.00. The number of aliphatic hydroxyl groups excluding tert-OH is 1. The molecule has 102 valence electrons. The highest BCUT2D eigenvalue weighted by atomic mass is 16.3. The molecule has 0 bridgehead atoms. The fourth-order valence-corrected chi connectivity index (χ4v) is 1.83. The Morgan fingerprint density at radius 3 is 2.11 bits per heavy atom. The van der Waals surface area contributed by atoms with Crippen LogP contribution in [0.3, 0.4) is 0 Å². The van der Waals surface area contributed by atoms with Crippen LogP contribution in [0.25, 0.3) is 0 Å². The molecule has 2 atom stereocenters. The highest BCUT2D eigenvalue weighted by Gasteiger charge is 2.14. The van der Waals surface area contributed by atoms with Gasteiger partial charge in [-0.25, -0.2) is 0 Å². The van der Waals surface area contributed by atoms with Crippen LogP contribution >= 0.6 is 0 Å². The quantitative estimate of drug-likeness (QED) is 0.839. The van der Waals surface area contributed by atoms with Crippen molar-refractivity contribution in [1.82, 2.24) is 5.32 Å². The van der Waals surface area contributed by atoms with E-state index in [0.29, 0.717) is 12.0 Å². The van der Waals surface area contributed by atoms with Gasteiger partial charge in [0.15, 0.2) is 0 Å². The predicted octanol–water partition coefficient (Wildman–Crippen LogP) is 3.26. The molecular formula is C16H27NO. The molecule has 1 rings (SSSR count). The summed E-state index contributed by atoms with van der Waals surface area (Å²) in [5.41, 5.74) is 2.87. The van der Waals surface area contributed by atoms with E-state index in [2.05, 4.69) is 57.3 Å². The number of aliphatic hydroxyl groups is 1. The lowest BCUT2D eigenvalue weighted by molar-refractivity contribution is 0.231. The minimum absolute atomic E-state index is 0.209. The SMILES string of the molecule is CC(CO)CNC(C)c1ccc(C(C)(C)C)cc1. The van der Waals surface area contributed by atoms with Crippen LogP contribution in [0.4, 0.5) is 0 Å². The van der Waals surface area contributed by atoms with E-state index in [1.54, 1.807) is 0 Å². The van der Waals surface area contributed by atoms with E-state index < -0.39 is 0 Å². The zero-order valence-electron chi connectivity index (χ0n) is 12.3. The number of nitrogens with one attached hydrogen (secondary N) is 1. The second kappa shape index (κ2) is 6.35. The summed E-state index contributed by atoms with van der Waals surface area (Å²) in [7, 11) is 0. The van der Waals surface area contributed by atoms with Crippen molar-refractivity contribution < 1.29 is 5.11 Å². The second-order valence-electron chi connectivity index (χ2n) is 6.29. The monoisotopic (exact) mass is 249 g/mol. The number of hydrogen-bond donors (Lipinski definition) is 2. The molecule has 1 aromatic carbocycles. The van der Waals surface area contributed by atoms with Crippen molar-refractivity contribution in [1.29, 1.82) is 0 Å².